The van der Waals surface area contributed by atoms with E-state index in [2.05, 4.69) is 4.99 Å². The highest BCUT2D eigenvalue weighted by atomic mass is 32.2. The fraction of sp³-hybridized carbons (Fsp3) is 0.238. The van der Waals surface area contributed by atoms with Crippen LogP contribution in [0.3, 0.4) is 0 Å². The second kappa shape index (κ2) is 8.48. The van der Waals surface area contributed by atoms with Gasteiger partial charge in [-0.15, -0.1) is 0 Å². The van der Waals surface area contributed by atoms with Gasteiger partial charge in [-0.2, -0.15) is 0 Å². The fourth-order valence-electron chi connectivity index (χ4n) is 2.78. The van der Waals surface area contributed by atoms with E-state index in [9.17, 15) is 20.0 Å². The number of hydrogen-bond acceptors (Lipinski definition) is 6. The molecular weight excluding hydrogens is 390 g/mol. The molecule has 0 bridgehead atoms. The number of thioether (sulfide) groups is 1. The molecule has 2 aromatic carbocycles. The number of amidine groups is 1. The first-order chi connectivity index (χ1) is 13.7. The van der Waals surface area contributed by atoms with E-state index in [1.54, 1.807) is 11.0 Å². The number of nitro groups is 1. The van der Waals surface area contributed by atoms with Gasteiger partial charge in [-0.05, 0) is 54.4 Å². The number of nitro benzene ring substituents is 1. The van der Waals surface area contributed by atoms with Gasteiger partial charge in [0, 0.05) is 12.6 Å². The minimum Gasteiger partial charge on any atom is -0.502 e. The number of nitrogens with zero attached hydrogens (tertiary/aromatic N) is 3. The third-order valence-corrected chi connectivity index (χ3v) is 5.20. The zero-order valence-corrected chi connectivity index (χ0v) is 17.1. The molecule has 0 spiro atoms. The standard InChI is InChI=1S/C21H21N3O4S/c1-13(2)12-23-20(26)19(11-15-6-9-18(25)17(10-15)24(27)28)29-21(23)22-16-7-4-14(3)5-8-16/h4-11,13,25H,12H2,1-3H3/b19-11+,22-21?. The van der Waals surface area contributed by atoms with Crippen molar-refractivity contribution < 1.29 is 14.8 Å². The predicted octanol–water partition coefficient (Wildman–Crippen LogP) is 4.87. The molecule has 0 radical (unpaired) electrons. The normalized spacial score (nSPS) is 17.0. The van der Waals surface area contributed by atoms with Crippen LogP contribution >= 0.6 is 11.8 Å². The number of aryl methyl sites for hydroxylation is 1. The van der Waals surface area contributed by atoms with Gasteiger partial charge in [0.1, 0.15) is 0 Å². The number of carbonyl (C=O) groups is 1. The first kappa shape index (κ1) is 20.6. The number of phenolic OH excluding ortho intramolecular Hbond substituents is 1. The largest absolute Gasteiger partial charge is 0.502 e. The van der Waals surface area contributed by atoms with Crippen LogP contribution in [0.1, 0.15) is 25.0 Å². The zero-order chi connectivity index (χ0) is 21.1. The summed E-state index contributed by atoms with van der Waals surface area (Å²) in [5.41, 5.74) is 1.94. The molecule has 0 saturated carbocycles. The molecule has 7 nitrogen and oxygen atoms in total. The van der Waals surface area contributed by atoms with Crippen molar-refractivity contribution in [2.75, 3.05) is 6.54 Å². The van der Waals surface area contributed by atoms with E-state index < -0.39 is 16.4 Å². The SMILES string of the molecule is Cc1ccc(N=C2S/C(=C/c3ccc(O)c([N+](=O)[O-])c3)C(=O)N2CC(C)C)cc1. The van der Waals surface area contributed by atoms with Gasteiger partial charge in [-0.25, -0.2) is 4.99 Å². The molecule has 8 heteroatoms. The van der Waals surface area contributed by atoms with E-state index in [0.29, 0.717) is 22.2 Å². The molecule has 0 atom stereocenters. The van der Waals surface area contributed by atoms with Gasteiger partial charge in [0.25, 0.3) is 5.91 Å². The van der Waals surface area contributed by atoms with Gasteiger partial charge >= 0.3 is 5.69 Å². The summed E-state index contributed by atoms with van der Waals surface area (Å²) in [5, 5.41) is 21.3. The molecule has 29 heavy (non-hydrogen) atoms. The number of benzene rings is 2. The maximum atomic E-state index is 13.0. The van der Waals surface area contributed by atoms with E-state index in [0.717, 1.165) is 11.3 Å². The van der Waals surface area contributed by atoms with Gasteiger partial charge in [-0.3, -0.25) is 19.8 Å². The Morgan fingerprint density at radius 3 is 2.55 bits per heavy atom. The quantitative estimate of drug-likeness (QED) is 0.430. The maximum absolute atomic E-state index is 13.0. The van der Waals surface area contributed by atoms with Gasteiger partial charge in [-0.1, -0.05) is 37.6 Å². The molecule has 0 unspecified atom stereocenters. The van der Waals surface area contributed by atoms with Gasteiger partial charge in [0.2, 0.25) is 0 Å². The highest BCUT2D eigenvalue weighted by molar-refractivity contribution is 8.18. The Hall–Kier alpha value is -3.13. The highest BCUT2D eigenvalue weighted by Crippen LogP contribution is 2.36. The Morgan fingerprint density at radius 2 is 1.93 bits per heavy atom. The second-order valence-electron chi connectivity index (χ2n) is 7.16. The highest BCUT2D eigenvalue weighted by Gasteiger charge is 2.33. The zero-order valence-electron chi connectivity index (χ0n) is 16.3. The first-order valence-corrected chi connectivity index (χ1v) is 9.90. The van der Waals surface area contributed by atoms with Crippen molar-refractivity contribution in [1.82, 2.24) is 4.90 Å². The lowest BCUT2D eigenvalue weighted by Crippen LogP contribution is -2.32. The van der Waals surface area contributed by atoms with E-state index in [-0.39, 0.29) is 11.8 Å². The van der Waals surface area contributed by atoms with Gasteiger partial charge in [0.15, 0.2) is 10.9 Å². The molecular formula is C21H21N3O4S. The maximum Gasteiger partial charge on any atom is 0.311 e. The number of carbonyl (C=O) groups excluding carboxylic acids is 1. The van der Waals surface area contributed by atoms with Crippen molar-refractivity contribution in [2.45, 2.75) is 20.8 Å². The number of rotatable bonds is 5. The van der Waals surface area contributed by atoms with E-state index in [4.69, 9.17) is 0 Å². The minimum atomic E-state index is -0.656. The van der Waals surface area contributed by atoms with E-state index >= 15 is 0 Å². The van der Waals surface area contributed by atoms with Crippen LogP contribution in [0.4, 0.5) is 11.4 Å². The molecule has 2 aromatic rings. The Morgan fingerprint density at radius 1 is 1.24 bits per heavy atom. The molecule has 1 fully saturated rings. The molecule has 1 aliphatic rings. The summed E-state index contributed by atoms with van der Waals surface area (Å²) in [4.78, 5) is 30.0. The Balaban J connectivity index is 1.97. The lowest BCUT2D eigenvalue weighted by Gasteiger charge is -2.17. The summed E-state index contributed by atoms with van der Waals surface area (Å²) in [7, 11) is 0. The molecule has 1 amide bonds. The Bertz CT molecular complexity index is 1010. The monoisotopic (exact) mass is 411 g/mol. The average molecular weight is 411 g/mol. The first-order valence-electron chi connectivity index (χ1n) is 9.09. The van der Waals surface area contributed by atoms with Crippen molar-refractivity contribution in [3.63, 3.8) is 0 Å². The molecule has 0 aliphatic carbocycles. The van der Waals surface area contributed by atoms with Crippen molar-refractivity contribution >= 4 is 40.3 Å². The van der Waals surface area contributed by atoms with E-state index in [1.165, 1.54) is 30.0 Å². The topological polar surface area (TPSA) is 96.0 Å². The van der Waals surface area contributed by atoms with Crippen LogP contribution in [0, 0.1) is 23.0 Å². The Labute approximate surface area is 172 Å². The number of phenols is 1. The smallest absolute Gasteiger partial charge is 0.311 e. The van der Waals surface area contributed by atoms with Gasteiger partial charge in [0.05, 0.1) is 15.5 Å². The second-order valence-corrected chi connectivity index (χ2v) is 8.16. The summed E-state index contributed by atoms with van der Waals surface area (Å²) in [5.74, 6) is -0.354. The summed E-state index contributed by atoms with van der Waals surface area (Å²) in [6, 6.07) is 11.7. The van der Waals surface area contributed by atoms with Crippen LogP contribution in [0.25, 0.3) is 6.08 Å². The Kier molecular flexibility index (Phi) is 6.03. The van der Waals surface area contributed by atoms with Crippen molar-refractivity contribution in [3.05, 3.63) is 68.6 Å². The minimum absolute atomic E-state index is 0.190. The van der Waals surface area contributed by atoms with Crippen LogP contribution in [0.5, 0.6) is 5.75 Å². The van der Waals surface area contributed by atoms with Crippen LogP contribution in [-0.2, 0) is 4.79 Å². The number of aliphatic imine (C=N–C) groups is 1. The summed E-state index contributed by atoms with van der Waals surface area (Å²) in [6.45, 7) is 6.55. The van der Waals surface area contributed by atoms with Crippen molar-refractivity contribution in [1.29, 1.82) is 0 Å². The molecule has 1 saturated heterocycles. The lowest BCUT2D eigenvalue weighted by atomic mass is 10.1. The average Bonchev–Trinajstić information content (AvgIpc) is 2.93. The predicted molar refractivity (Wildman–Crippen MR) is 115 cm³/mol. The number of amides is 1. The summed E-state index contributed by atoms with van der Waals surface area (Å²) < 4.78 is 0. The summed E-state index contributed by atoms with van der Waals surface area (Å²) >= 11 is 1.24. The lowest BCUT2D eigenvalue weighted by molar-refractivity contribution is -0.385. The molecule has 0 aromatic heterocycles. The molecule has 1 N–H and O–H groups in total. The van der Waals surface area contributed by atoms with Crippen LogP contribution in [0.15, 0.2) is 52.4 Å². The van der Waals surface area contributed by atoms with Gasteiger partial charge < -0.3 is 5.11 Å². The van der Waals surface area contributed by atoms with E-state index in [1.807, 2.05) is 45.0 Å². The molecule has 1 aliphatic heterocycles. The van der Waals surface area contributed by atoms with Crippen LogP contribution < -0.4 is 0 Å². The number of hydrogen-bond donors (Lipinski definition) is 1. The van der Waals surface area contributed by atoms with Crippen molar-refractivity contribution in [3.8, 4) is 5.75 Å². The molecule has 150 valence electrons. The fourth-order valence-corrected chi connectivity index (χ4v) is 3.78. The third kappa shape index (κ3) is 4.83. The van der Waals surface area contributed by atoms with Crippen molar-refractivity contribution in [2.24, 2.45) is 10.9 Å². The molecule has 3 rings (SSSR count). The van der Waals surface area contributed by atoms with Crippen LogP contribution in [-0.4, -0.2) is 32.5 Å². The van der Waals surface area contributed by atoms with Crippen LogP contribution in [0.2, 0.25) is 0 Å². The molecule has 1 heterocycles. The third-order valence-electron chi connectivity index (χ3n) is 4.19. The summed E-state index contributed by atoms with van der Waals surface area (Å²) in [6.07, 6.45) is 1.59. The number of aromatic hydroxyl groups is 1.